The fourth-order valence-corrected chi connectivity index (χ4v) is 3.05. The summed E-state index contributed by atoms with van der Waals surface area (Å²) in [5, 5.41) is 0.198. The van der Waals surface area contributed by atoms with E-state index in [4.69, 9.17) is 21.1 Å². The van der Waals surface area contributed by atoms with E-state index < -0.39 is 12.1 Å². The molecule has 2 atom stereocenters. The van der Waals surface area contributed by atoms with Crippen LogP contribution in [0.15, 0.2) is 41.1 Å². The average molecular weight is 307 g/mol. The molecule has 0 aromatic heterocycles. The zero-order valence-electron chi connectivity index (χ0n) is 11.4. The van der Waals surface area contributed by atoms with Crippen molar-refractivity contribution in [3.05, 3.63) is 41.1 Å². The van der Waals surface area contributed by atoms with Crippen molar-refractivity contribution >= 4 is 23.4 Å². The highest BCUT2D eigenvalue weighted by Crippen LogP contribution is 2.37. The molecule has 0 amide bonds. The number of carbonyl (C=O) groups excluding carboxylic acids is 2. The van der Waals surface area contributed by atoms with Gasteiger partial charge in [0.05, 0.1) is 5.92 Å². The number of benzene rings is 1. The average Bonchev–Trinajstić information content (AvgIpc) is 2.77. The predicted molar refractivity (Wildman–Crippen MR) is 76.8 cm³/mol. The first-order valence-corrected chi connectivity index (χ1v) is 7.41. The van der Waals surface area contributed by atoms with Gasteiger partial charge < -0.3 is 9.47 Å². The minimum Gasteiger partial charge on any atom is -0.450 e. The smallest absolute Gasteiger partial charge is 0.376 e. The highest BCUT2D eigenvalue weighted by Gasteiger charge is 2.43. The molecule has 1 aromatic rings. The van der Waals surface area contributed by atoms with Gasteiger partial charge in [0.25, 0.3) is 0 Å². The molecule has 0 N–H and O–H groups in total. The van der Waals surface area contributed by atoms with Crippen molar-refractivity contribution in [2.24, 2.45) is 5.92 Å². The topological polar surface area (TPSA) is 52.6 Å². The van der Waals surface area contributed by atoms with Crippen LogP contribution in [0.2, 0.25) is 0 Å². The molecule has 3 rings (SSSR count). The number of hydrogen-bond acceptors (Lipinski definition) is 4. The maximum atomic E-state index is 12.0. The molecular weight excluding hydrogens is 292 g/mol. The van der Waals surface area contributed by atoms with Crippen LogP contribution in [0.4, 0.5) is 0 Å². The Balaban J connectivity index is 1.82. The van der Waals surface area contributed by atoms with Crippen molar-refractivity contribution in [2.45, 2.75) is 31.8 Å². The minimum absolute atomic E-state index is 0.00811. The predicted octanol–water partition coefficient (Wildman–Crippen LogP) is 3.20. The molecule has 0 bridgehead atoms. The summed E-state index contributed by atoms with van der Waals surface area (Å²) in [7, 11) is 0. The largest absolute Gasteiger partial charge is 0.450 e. The van der Waals surface area contributed by atoms with E-state index in [1.165, 1.54) is 0 Å². The van der Waals surface area contributed by atoms with Gasteiger partial charge in [-0.3, -0.25) is 4.79 Å². The number of rotatable bonds is 3. The van der Waals surface area contributed by atoms with Gasteiger partial charge in [0, 0.05) is 6.42 Å². The van der Waals surface area contributed by atoms with E-state index in [0.717, 1.165) is 12.8 Å². The fourth-order valence-electron chi connectivity index (χ4n) is 2.73. The zero-order valence-corrected chi connectivity index (χ0v) is 12.1. The molecule has 1 fully saturated rings. The Morgan fingerprint density at radius 3 is 2.62 bits per heavy atom. The van der Waals surface area contributed by atoms with Crippen molar-refractivity contribution in [2.75, 3.05) is 0 Å². The lowest BCUT2D eigenvalue weighted by atomic mass is 9.84. The molecule has 1 aliphatic carbocycles. The van der Waals surface area contributed by atoms with Gasteiger partial charge in [-0.05, 0) is 25.0 Å². The molecule has 0 saturated heterocycles. The van der Waals surface area contributed by atoms with Crippen molar-refractivity contribution in [1.82, 2.24) is 0 Å². The molecular formula is C16H15ClO4. The van der Waals surface area contributed by atoms with Crippen LogP contribution in [0, 0.1) is 5.92 Å². The van der Waals surface area contributed by atoms with Gasteiger partial charge in [-0.2, -0.15) is 0 Å². The summed E-state index contributed by atoms with van der Waals surface area (Å²) in [6.45, 7) is 0. The first-order chi connectivity index (χ1) is 10.2. The third-order valence-electron chi connectivity index (χ3n) is 3.82. The standard InChI is InChI=1S/C16H15ClO4/c17-13-14(11-8-4-5-9-12(11)18)21-16(19)15(13)20-10-6-2-1-3-7-10/h1-3,6-7,11,14H,4-5,8-9H2. The molecule has 1 saturated carbocycles. The number of ketones is 1. The molecule has 2 aliphatic rings. The van der Waals surface area contributed by atoms with Crippen LogP contribution < -0.4 is 4.74 Å². The summed E-state index contributed by atoms with van der Waals surface area (Å²) < 4.78 is 10.8. The number of Topliss-reactive ketones (excluding diaryl/α,β-unsaturated/α-hetero) is 1. The van der Waals surface area contributed by atoms with E-state index in [1.807, 2.05) is 6.07 Å². The molecule has 1 aromatic carbocycles. The van der Waals surface area contributed by atoms with Crippen molar-refractivity contribution in [3.8, 4) is 5.75 Å². The molecule has 110 valence electrons. The summed E-state index contributed by atoms with van der Waals surface area (Å²) in [4.78, 5) is 23.9. The Labute approximate surface area is 127 Å². The number of cyclic esters (lactones) is 1. The van der Waals surface area contributed by atoms with E-state index in [1.54, 1.807) is 24.3 Å². The lowest BCUT2D eigenvalue weighted by Gasteiger charge is -2.24. The van der Waals surface area contributed by atoms with E-state index in [-0.39, 0.29) is 22.5 Å². The Kier molecular flexibility index (Phi) is 3.97. The molecule has 0 radical (unpaired) electrons. The highest BCUT2D eigenvalue weighted by atomic mass is 35.5. The van der Waals surface area contributed by atoms with Crippen LogP contribution in [0.1, 0.15) is 25.7 Å². The highest BCUT2D eigenvalue weighted by molar-refractivity contribution is 6.33. The van der Waals surface area contributed by atoms with E-state index >= 15 is 0 Å². The van der Waals surface area contributed by atoms with E-state index in [2.05, 4.69) is 0 Å². The number of esters is 1. The summed E-state index contributed by atoms with van der Waals surface area (Å²) in [6.07, 6.45) is 2.38. The van der Waals surface area contributed by atoms with Crippen LogP contribution in [-0.4, -0.2) is 17.9 Å². The van der Waals surface area contributed by atoms with Crippen molar-refractivity contribution < 1.29 is 19.1 Å². The Hall–Kier alpha value is -1.81. The molecule has 2 unspecified atom stereocenters. The van der Waals surface area contributed by atoms with Crippen molar-refractivity contribution in [1.29, 1.82) is 0 Å². The third-order valence-corrected chi connectivity index (χ3v) is 4.20. The van der Waals surface area contributed by atoms with Gasteiger partial charge in [-0.25, -0.2) is 4.79 Å². The first-order valence-electron chi connectivity index (χ1n) is 7.03. The molecule has 1 heterocycles. The summed E-state index contributed by atoms with van der Waals surface area (Å²) >= 11 is 6.24. The molecule has 1 aliphatic heterocycles. The van der Waals surface area contributed by atoms with Crippen molar-refractivity contribution in [3.63, 3.8) is 0 Å². The van der Waals surface area contributed by atoms with E-state index in [0.29, 0.717) is 18.6 Å². The minimum atomic E-state index is -0.689. The second-order valence-electron chi connectivity index (χ2n) is 5.24. The second kappa shape index (κ2) is 5.90. The summed E-state index contributed by atoms with van der Waals surface area (Å²) in [6, 6.07) is 8.89. The molecule has 21 heavy (non-hydrogen) atoms. The number of hydrogen-bond donors (Lipinski definition) is 0. The quantitative estimate of drug-likeness (QED) is 0.805. The zero-order chi connectivity index (χ0) is 14.8. The SMILES string of the molecule is O=C1OC(C2CCCCC2=O)C(Cl)=C1Oc1ccccc1. The normalized spacial score (nSPS) is 26.0. The molecule has 0 spiro atoms. The van der Waals surface area contributed by atoms with Crippen LogP contribution in [-0.2, 0) is 14.3 Å². The van der Waals surface area contributed by atoms with Gasteiger partial charge in [0.2, 0.25) is 5.76 Å². The van der Waals surface area contributed by atoms with Gasteiger partial charge in [0.15, 0.2) is 6.10 Å². The lowest BCUT2D eigenvalue weighted by Crippen LogP contribution is -2.31. The van der Waals surface area contributed by atoms with Gasteiger partial charge in [-0.15, -0.1) is 0 Å². The molecule has 5 heteroatoms. The maximum absolute atomic E-state index is 12.0. The summed E-state index contributed by atoms with van der Waals surface area (Å²) in [5.74, 6) is -0.332. The number of ether oxygens (including phenoxy) is 2. The summed E-state index contributed by atoms with van der Waals surface area (Å²) in [5.41, 5.74) is 0. The monoisotopic (exact) mass is 306 g/mol. The molecule has 4 nitrogen and oxygen atoms in total. The first kappa shape index (κ1) is 14.1. The Bertz CT molecular complexity index is 594. The third kappa shape index (κ3) is 2.81. The lowest BCUT2D eigenvalue weighted by molar-refractivity contribution is -0.146. The number of halogens is 1. The Morgan fingerprint density at radius 2 is 1.90 bits per heavy atom. The second-order valence-corrected chi connectivity index (χ2v) is 5.64. The van der Waals surface area contributed by atoms with Crippen LogP contribution in [0.3, 0.4) is 0 Å². The van der Waals surface area contributed by atoms with Gasteiger partial charge in [-0.1, -0.05) is 36.2 Å². The van der Waals surface area contributed by atoms with Crippen LogP contribution in [0.25, 0.3) is 0 Å². The van der Waals surface area contributed by atoms with Gasteiger partial charge >= 0.3 is 5.97 Å². The Morgan fingerprint density at radius 1 is 1.14 bits per heavy atom. The maximum Gasteiger partial charge on any atom is 0.376 e. The van der Waals surface area contributed by atoms with Crippen LogP contribution >= 0.6 is 11.6 Å². The fraction of sp³-hybridized carbons (Fsp3) is 0.375. The van der Waals surface area contributed by atoms with Crippen LogP contribution in [0.5, 0.6) is 5.75 Å². The number of para-hydroxylation sites is 1. The van der Waals surface area contributed by atoms with Gasteiger partial charge in [0.1, 0.15) is 16.6 Å². The van der Waals surface area contributed by atoms with E-state index in [9.17, 15) is 9.59 Å². The number of carbonyl (C=O) groups is 2.